The second-order valence-electron chi connectivity index (χ2n) is 4.39. The molecular formula is C11H17N3O. The highest BCUT2D eigenvalue weighted by Gasteiger charge is 2.17. The molecular weight excluding hydrogens is 190 g/mol. The quantitative estimate of drug-likeness (QED) is 0.508. The standard InChI is InChI=1S/C11H17N3O/c1-11(2,3)13-10(15)8-6-4-5-7-9(8)14-12/h4-7,14H,12H2,1-3H3,(H,13,15). The SMILES string of the molecule is CC(C)(C)NC(=O)c1ccccc1NN. The average Bonchev–Trinajstić information content (AvgIpc) is 2.15. The van der Waals surface area contributed by atoms with Gasteiger partial charge in [0.2, 0.25) is 0 Å². The monoisotopic (exact) mass is 207 g/mol. The van der Waals surface area contributed by atoms with Crippen LogP contribution in [0.2, 0.25) is 0 Å². The number of nitrogens with one attached hydrogen (secondary N) is 2. The lowest BCUT2D eigenvalue weighted by Gasteiger charge is -2.21. The third-order valence-electron chi connectivity index (χ3n) is 1.82. The number of carbonyl (C=O) groups is 1. The molecule has 0 fully saturated rings. The van der Waals surface area contributed by atoms with Gasteiger partial charge in [0.1, 0.15) is 0 Å². The molecule has 0 unspecified atom stereocenters. The van der Waals surface area contributed by atoms with E-state index in [-0.39, 0.29) is 11.4 Å². The van der Waals surface area contributed by atoms with Crippen LogP contribution in [-0.2, 0) is 0 Å². The van der Waals surface area contributed by atoms with Gasteiger partial charge in [0.25, 0.3) is 5.91 Å². The number of hydrogen-bond acceptors (Lipinski definition) is 3. The van der Waals surface area contributed by atoms with E-state index in [1.807, 2.05) is 26.8 Å². The van der Waals surface area contributed by atoms with Crippen LogP contribution in [0, 0.1) is 0 Å². The van der Waals surface area contributed by atoms with Gasteiger partial charge in [0, 0.05) is 5.54 Å². The molecule has 4 nitrogen and oxygen atoms in total. The van der Waals surface area contributed by atoms with Crippen LogP contribution < -0.4 is 16.6 Å². The first-order valence-electron chi connectivity index (χ1n) is 4.82. The summed E-state index contributed by atoms with van der Waals surface area (Å²) in [4.78, 5) is 11.8. The highest BCUT2D eigenvalue weighted by Crippen LogP contribution is 2.14. The van der Waals surface area contributed by atoms with E-state index in [9.17, 15) is 4.79 Å². The third kappa shape index (κ3) is 3.25. The van der Waals surface area contributed by atoms with Crippen LogP contribution in [0.25, 0.3) is 0 Å². The minimum Gasteiger partial charge on any atom is -0.347 e. The van der Waals surface area contributed by atoms with Crippen molar-refractivity contribution in [2.75, 3.05) is 5.43 Å². The maximum atomic E-state index is 11.8. The molecule has 82 valence electrons. The first-order valence-corrected chi connectivity index (χ1v) is 4.82. The largest absolute Gasteiger partial charge is 0.347 e. The molecule has 0 heterocycles. The van der Waals surface area contributed by atoms with Crippen molar-refractivity contribution in [1.82, 2.24) is 5.32 Å². The Morgan fingerprint density at radius 1 is 1.27 bits per heavy atom. The second kappa shape index (κ2) is 4.31. The van der Waals surface area contributed by atoms with Gasteiger partial charge in [-0.25, -0.2) is 0 Å². The van der Waals surface area contributed by atoms with Crippen molar-refractivity contribution in [2.45, 2.75) is 26.3 Å². The molecule has 0 aliphatic heterocycles. The lowest BCUT2D eigenvalue weighted by Crippen LogP contribution is -2.40. The second-order valence-corrected chi connectivity index (χ2v) is 4.39. The first kappa shape index (κ1) is 11.5. The summed E-state index contributed by atoms with van der Waals surface area (Å²) in [5, 5.41) is 2.88. The topological polar surface area (TPSA) is 67.2 Å². The minimum absolute atomic E-state index is 0.129. The Morgan fingerprint density at radius 3 is 2.40 bits per heavy atom. The van der Waals surface area contributed by atoms with E-state index in [0.29, 0.717) is 11.3 Å². The average molecular weight is 207 g/mol. The van der Waals surface area contributed by atoms with E-state index in [1.165, 1.54) is 0 Å². The Morgan fingerprint density at radius 2 is 1.87 bits per heavy atom. The Balaban J connectivity index is 2.91. The normalized spacial score (nSPS) is 10.9. The molecule has 0 aromatic heterocycles. The summed E-state index contributed by atoms with van der Waals surface area (Å²) in [6.45, 7) is 5.80. The van der Waals surface area contributed by atoms with Crippen molar-refractivity contribution in [2.24, 2.45) is 5.84 Å². The minimum atomic E-state index is -0.251. The number of carbonyl (C=O) groups excluding carboxylic acids is 1. The number of para-hydroxylation sites is 1. The fourth-order valence-corrected chi connectivity index (χ4v) is 1.21. The predicted molar refractivity (Wildman–Crippen MR) is 61.5 cm³/mol. The van der Waals surface area contributed by atoms with Gasteiger partial charge in [0.05, 0.1) is 11.3 Å². The van der Waals surface area contributed by atoms with Crippen molar-refractivity contribution in [3.8, 4) is 0 Å². The Kier molecular flexibility index (Phi) is 3.31. The van der Waals surface area contributed by atoms with Gasteiger partial charge in [-0.1, -0.05) is 12.1 Å². The summed E-state index contributed by atoms with van der Waals surface area (Å²) in [6.07, 6.45) is 0. The van der Waals surface area contributed by atoms with Gasteiger partial charge in [-0.15, -0.1) is 0 Å². The molecule has 1 aromatic rings. The van der Waals surface area contributed by atoms with Gasteiger partial charge in [-0.05, 0) is 32.9 Å². The van der Waals surface area contributed by atoms with E-state index in [2.05, 4.69) is 10.7 Å². The van der Waals surface area contributed by atoms with Crippen LogP contribution in [0.3, 0.4) is 0 Å². The number of hydrogen-bond donors (Lipinski definition) is 3. The number of benzene rings is 1. The smallest absolute Gasteiger partial charge is 0.253 e. The van der Waals surface area contributed by atoms with Gasteiger partial charge >= 0.3 is 0 Å². The molecule has 1 rings (SSSR count). The van der Waals surface area contributed by atoms with Crippen molar-refractivity contribution in [1.29, 1.82) is 0 Å². The lowest BCUT2D eigenvalue weighted by molar-refractivity contribution is 0.0920. The molecule has 0 spiro atoms. The zero-order valence-corrected chi connectivity index (χ0v) is 9.29. The summed E-state index contributed by atoms with van der Waals surface area (Å²) in [7, 11) is 0. The zero-order chi connectivity index (χ0) is 11.5. The van der Waals surface area contributed by atoms with E-state index in [1.54, 1.807) is 18.2 Å². The van der Waals surface area contributed by atoms with Crippen LogP contribution in [-0.4, -0.2) is 11.4 Å². The fraction of sp³-hybridized carbons (Fsp3) is 0.364. The number of rotatable bonds is 2. The van der Waals surface area contributed by atoms with Crippen LogP contribution >= 0.6 is 0 Å². The van der Waals surface area contributed by atoms with E-state index in [0.717, 1.165) is 0 Å². The van der Waals surface area contributed by atoms with Crippen molar-refractivity contribution >= 4 is 11.6 Å². The van der Waals surface area contributed by atoms with Crippen LogP contribution in [0.15, 0.2) is 24.3 Å². The summed E-state index contributed by atoms with van der Waals surface area (Å²) < 4.78 is 0. The number of amides is 1. The van der Waals surface area contributed by atoms with E-state index < -0.39 is 0 Å². The number of anilines is 1. The number of hydrazine groups is 1. The van der Waals surface area contributed by atoms with Gasteiger partial charge in [-0.3, -0.25) is 10.6 Å². The summed E-state index contributed by atoms with van der Waals surface area (Å²) in [6, 6.07) is 7.12. The van der Waals surface area contributed by atoms with Crippen LogP contribution in [0.4, 0.5) is 5.69 Å². The maximum Gasteiger partial charge on any atom is 0.253 e. The zero-order valence-electron chi connectivity index (χ0n) is 9.29. The molecule has 0 saturated carbocycles. The third-order valence-corrected chi connectivity index (χ3v) is 1.82. The summed E-state index contributed by atoms with van der Waals surface area (Å²) in [5.74, 6) is 5.19. The first-order chi connectivity index (χ1) is 6.94. The van der Waals surface area contributed by atoms with Crippen LogP contribution in [0.5, 0.6) is 0 Å². The maximum absolute atomic E-state index is 11.8. The molecule has 1 amide bonds. The molecule has 4 heteroatoms. The molecule has 0 aliphatic rings. The highest BCUT2D eigenvalue weighted by atomic mass is 16.1. The molecule has 0 bridgehead atoms. The van der Waals surface area contributed by atoms with Crippen molar-refractivity contribution < 1.29 is 4.79 Å². The van der Waals surface area contributed by atoms with Crippen molar-refractivity contribution in [3.05, 3.63) is 29.8 Å². The molecule has 0 atom stereocenters. The highest BCUT2D eigenvalue weighted by molar-refractivity contribution is 5.99. The van der Waals surface area contributed by atoms with E-state index >= 15 is 0 Å². The number of nitrogens with two attached hydrogens (primary N) is 1. The summed E-state index contributed by atoms with van der Waals surface area (Å²) in [5.41, 5.74) is 3.43. The van der Waals surface area contributed by atoms with Gasteiger partial charge in [-0.2, -0.15) is 0 Å². The molecule has 0 aliphatic carbocycles. The predicted octanol–water partition coefficient (Wildman–Crippen LogP) is 1.50. The molecule has 0 saturated heterocycles. The Labute approximate surface area is 89.8 Å². The van der Waals surface area contributed by atoms with Gasteiger partial charge in [0.15, 0.2) is 0 Å². The molecule has 0 radical (unpaired) electrons. The van der Waals surface area contributed by atoms with Crippen molar-refractivity contribution in [3.63, 3.8) is 0 Å². The summed E-state index contributed by atoms with van der Waals surface area (Å²) >= 11 is 0. The number of nitrogen functional groups attached to an aromatic ring is 1. The Hall–Kier alpha value is -1.55. The van der Waals surface area contributed by atoms with E-state index in [4.69, 9.17) is 5.84 Å². The lowest BCUT2D eigenvalue weighted by atomic mass is 10.1. The fourth-order valence-electron chi connectivity index (χ4n) is 1.21. The Bertz CT molecular complexity index is 355. The molecule has 4 N–H and O–H groups in total. The van der Waals surface area contributed by atoms with Crippen LogP contribution in [0.1, 0.15) is 31.1 Å². The van der Waals surface area contributed by atoms with Gasteiger partial charge < -0.3 is 10.7 Å². The molecule has 15 heavy (non-hydrogen) atoms. The molecule has 1 aromatic carbocycles.